The molecule has 0 bridgehead atoms. The number of hydrogen-bond acceptors (Lipinski definition) is 4. The van der Waals surface area contributed by atoms with Crippen LogP contribution in [0.5, 0.6) is 0 Å². The zero-order chi connectivity index (χ0) is 23.2. The van der Waals surface area contributed by atoms with Gasteiger partial charge in [0.1, 0.15) is 11.6 Å². The van der Waals surface area contributed by atoms with Crippen molar-refractivity contribution in [2.24, 2.45) is 0 Å². The summed E-state index contributed by atoms with van der Waals surface area (Å²) < 4.78 is 30.1. The summed E-state index contributed by atoms with van der Waals surface area (Å²) in [4.78, 5) is 20.1. The largest absolute Gasteiger partial charge is 0.364 e. The predicted octanol–water partition coefficient (Wildman–Crippen LogP) is 4.26. The Morgan fingerprint density at radius 2 is 1.88 bits per heavy atom. The van der Waals surface area contributed by atoms with Crippen molar-refractivity contribution in [2.75, 3.05) is 37.6 Å². The van der Waals surface area contributed by atoms with Crippen LogP contribution in [0.15, 0.2) is 42.7 Å². The molecule has 8 heteroatoms. The fourth-order valence-corrected chi connectivity index (χ4v) is 5.99. The van der Waals surface area contributed by atoms with Crippen molar-refractivity contribution in [3.63, 3.8) is 0 Å². The monoisotopic (exact) mass is 465 g/mol. The molecule has 3 saturated heterocycles. The van der Waals surface area contributed by atoms with E-state index in [4.69, 9.17) is 0 Å². The van der Waals surface area contributed by atoms with E-state index in [9.17, 15) is 13.6 Å². The van der Waals surface area contributed by atoms with Crippen LogP contribution in [0.2, 0.25) is 0 Å². The van der Waals surface area contributed by atoms with Crippen LogP contribution >= 0.6 is 0 Å². The second-order valence-electron chi connectivity index (χ2n) is 9.73. The fraction of sp³-hybridized carbons (Fsp3) is 0.462. The maximum absolute atomic E-state index is 14.5. The lowest BCUT2D eigenvalue weighted by Crippen LogP contribution is -2.56. The molecule has 34 heavy (non-hydrogen) atoms. The molecule has 2 unspecified atom stereocenters. The number of carbonyl (C=O) groups is 1. The fourth-order valence-electron chi connectivity index (χ4n) is 5.99. The number of halogens is 2. The molecule has 3 fully saturated rings. The third kappa shape index (κ3) is 3.74. The number of carbonyl (C=O) groups excluding carboxylic acids is 1. The van der Waals surface area contributed by atoms with Gasteiger partial charge in [-0.2, -0.15) is 5.10 Å². The summed E-state index contributed by atoms with van der Waals surface area (Å²) in [6, 6.07) is 7.77. The molecule has 1 aromatic carbocycles. The number of rotatable bonds is 3. The first-order valence-corrected chi connectivity index (χ1v) is 12.3. The maximum atomic E-state index is 14.5. The van der Waals surface area contributed by atoms with Gasteiger partial charge in [0.25, 0.3) is 5.91 Å². The number of pyridine rings is 1. The lowest BCUT2D eigenvalue weighted by molar-refractivity contribution is 0.0374. The molecule has 2 aromatic heterocycles. The van der Waals surface area contributed by atoms with Gasteiger partial charge in [-0.05, 0) is 62.6 Å². The molecule has 3 aromatic rings. The SMILES string of the molecule is O=C(c1cnn2ccc(N3CCCC3c3cc(F)ccc3F)cc12)N1CCN2CCCCC2C1. The Morgan fingerprint density at radius 3 is 2.79 bits per heavy atom. The van der Waals surface area contributed by atoms with Gasteiger partial charge in [-0.25, -0.2) is 13.3 Å². The number of fused-ring (bicyclic) bond motifs is 2. The molecule has 6 rings (SSSR count). The number of anilines is 1. The minimum atomic E-state index is -0.430. The first kappa shape index (κ1) is 21.5. The Labute approximate surface area is 197 Å². The molecule has 0 aliphatic carbocycles. The molecule has 178 valence electrons. The van der Waals surface area contributed by atoms with Crippen molar-refractivity contribution in [2.45, 2.75) is 44.2 Å². The molecule has 0 N–H and O–H groups in total. The van der Waals surface area contributed by atoms with Crippen LogP contribution in [0, 0.1) is 11.6 Å². The second kappa shape index (κ2) is 8.65. The first-order valence-electron chi connectivity index (χ1n) is 12.3. The number of piperidine rings is 1. The zero-order valence-electron chi connectivity index (χ0n) is 19.2. The van der Waals surface area contributed by atoms with Crippen molar-refractivity contribution in [1.82, 2.24) is 19.4 Å². The van der Waals surface area contributed by atoms with E-state index >= 15 is 0 Å². The van der Waals surface area contributed by atoms with Crippen LogP contribution in [0.1, 0.15) is 54.1 Å². The lowest BCUT2D eigenvalue weighted by Gasteiger charge is -2.44. The van der Waals surface area contributed by atoms with Gasteiger partial charge < -0.3 is 9.80 Å². The van der Waals surface area contributed by atoms with Crippen LogP contribution in [-0.4, -0.2) is 64.1 Å². The average molecular weight is 466 g/mol. The molecule has 6 nitrogen and oxygen atoms in total. The van der Waals surface area contributed by atoms with E-state index in [1.807, 2.05) is 23.2 Å². The van der Waals surface area contributed by atoms with E-state index < -0.39 is 5.82 Å². The van der Waals surface area contributed by atoms with Crippen molar-refractivity contribution in [1.29, 1.82) is 0 Å². The van der Waals surface area contributed by atoms with Gasteiger partial charge in [0.2, 0.25) is 0 Å². The Balaban J connectivity index is 1.29. The number of hydrogen-bond donors (Lipinski definition) is 0. The van der Waals surface area contributed by atoms with Crippen molar-refractivity contribution >= 4 is 17.1 Å². The molecule has 1 amide bonds. The average Bonchev–Trinajstić information content (AvgIpc) is 3.52. The summed E-state index contributed by atoms with van der Waals surface area (Å²) in [6.07, 6.45) is 8.77. The standard InChI is InChI=1S/C26H29F2N5O/c27-18-6-7-23(28)21(14-18)24-5-3-10-32(24)19-8-11-33-25(15-19)22(16-29-33)26(34)31-13-12-30-9-2-1-4-20(30)17-31/h6-8,11,14-16,20,24H,1-5,9-10,12-13,17H2. The Morgan fingerprint density at radius 1 is 0.971 bits per heavy atom. The minimum absolute atomic E-state index is 0.0199. The number of nitrogens with zero attached hydrogens (tertiary/aromatic N) is 5. The van der Waals surface area contributed by atoms with Gasteiger partial charge in [0, 0.05) is 49.7 Å². The molecule has 3 aliphatic rings. The maximum Gasteiger partial charge on any atom is 0.257 e. The molecular formula is C26H29F2N5O. The second-order valence-corrected chi connectivity index (χ2v) is 9.73. The summed E-state index contributed by atoms with van der Waals surface area (Å²) in [6.45, 7) is 4.31. The summed E-state index contributed by atoms with van der Waals surface area (Å²) in [5.41, 5.74) is 2.62. The van der Waals surface area contributed by atoms with Crippen LogP contribution in [-0.2, 0) is 0 Å². The molecule has 0 radical (unpaired) electrons. The van der Waals surface area contributed by atoms with Crippen molar-refractivity contribution < 1.29 is 13.6 Å². The summed E-state index contributed by atoms with van der Waals surface area (Å²) >= 11 is 0. The molecule has 3 aliphatic heterocycles. The first-order chi connectivity index (χ1) is 16.6. The third-order valence-electron chi connectivity index (χ3n) is 7.76. The molecule has 0 spiro atoms. The topological polar surface area (TPSA) is 44.1 Å². The summed E-state index contributed by atoms with van der Waals surface area (Å²) in [5.74, 6) is -0.798. The smallest absolute Gasteiger partial charge is 0.257 e. The van der Waals surface area contributed by atoms with Gasteiger partial charge in [-0.3, -0.25) is 9.69 Å². The quantitative estimate of drug-likeness (QED) is 0.580. The number of aromatic nitrogens is 2. The highest BCUT2D eigenvalue weighted by Gasteiger charge is 2.33. The number of benzene rings is 1. The van der Waals surface area contributed by atoms with E-state index in [0.717, 1.165) is 69.3 Å². The van der Waals surface area contributed by atoms with E-state index in [0.29, 0.717) is 17.2 Å². The number of piperazine rings is 1. The number of amides is 1. The van der Waals surface area contributed by atoms with Gasteiger partial charge in [-0.1, -0.05) is 6.42 Å². The molecule has 0 saturated carbocycles. The van der Waals surface area contributed by atoms with Crippen LogP contribution in [0.3, 0.4) is 0 Å². The Bertz CT molecular complexity index is 1230. The predicted molar refractivity (Wildman–Crippen MR) is 126 cm³/mol. The van der Waals surface area contributed by atoms with E-state index in [2.05, 4.69) is 14.9 Å². The van der Waals surface area contributed by atoms with Crippen molar-refractivity contribution in [3.05, 3.63) is 65.5 Å². The lowest BCUT2D eigenvalue weighted by atomic mass is 9.99. The van der Waals surface area contributed by atoms with Gasteiger partial charge in [0.05, 0.1) is 23.3 Å². The van der Waals surface area contributed by atoms with Crippen LogP contribution in [0.4, 0.5) is 14.5 Å². The normalized spacial score (nSPS) is 23.5. The highest BCUT2D eigenvalue weighted by Crippen LogP contribution is 2.38. The third-order valence-corrected chi connectivity index (χ3v) is 7.76. The van der Waals surface area contributed by atoms with E-state index in [1.165, 1.54) is 25.0 Å². The molecule has 5 heterocycles. The van der Waals surface area contributed by atoms with Gasteiger partial charge >= 0.3 is 0 Å². The summed E-state index contributed by atoms with van der Waals surface area (Å²) in [5, 5.41) is 4.42. The van der Waals surface area contributed by atoms with Gasteiger partial charge in [0.15, 0.2) is 0 Å². The Kier molecular flexibility index (Phi) is 5.48. The van der Waals surface area contributed by atoms with E-state index in [-0.39, 0.29) is 17.8 Å². The van der Waals surface area contributed by atoms with Crippen molar-refractivity contribution in [3.8, 4) is 0 Å². The van der Waals surface area contributed by atoms with E-state index in [1.54, 1.807) is 10.7 Å². The van der Waals surface area contributed by atoms with Gasteiger partial charge in [-0.15, -0.1) is 0 Å². The minimum Gasteiger partial charge on any atom is -0.364 e. The molecule has 2 atom stereocenters. The Hall–Kier alpha value is -3.00. The summed E-state index contributed by atoms with van der Waals surface area (Å²) in [7, 11) is 0. The van der Waals surface area contributed by atoms with Crippen LogP contribution < -0.4 is 4.90 Å². The highest BCUT2D eigenvalue weighted by atomic mass is 19.1. The molecular weight excluding hydrogens is 436 g/mol. The zero-order valence-corrected chi connectivity index (χ0v) is 19.2. The highest BCUT2D eigenvalue weighted by molar-refractivity contribution is 6.01. The van der Waals surface area contributed by atoms with Crippen LogP contribution in [0.25, 0.3) is 5.52 Å².